The quantitative estimate of drug-likeness (QED) is 0.446. The lowest BCUT2D eigenvalue weighted by Crippen LogP contribution is -2.45. The molecule has 0 aliphatic rings. The Morgan fingerprint density at radius 2 is 2.00 bits per heavy atom. The zero-order valence-corrected chi connectivity index (χ0v) is 12.7. The van der Waals surface area contributed by atoms with Gasteiger partial charge >= 0.3 is 0 Å². The second-order valence-electron chi connectivity index (χ2n) is 3.67. The normalized spacial score (nSPS) is 11.8. The Balaban J connectivity index is 0. The topological polar surface area (TPSA) is 111 Å². The molecule has 0 unspecified atom stereocenters. The summed E-state index contributed by atoms with van der Waals surface area (Å²) in [7, 11) is -3.66. The molecule has 0 atom stereocenters. The highest BCUT2D eigenvalue weighted by Crippen LogP contribution is 2.08. The van der Waals surface area contributed by atoms with Gasteiger partial charge in [0.2, 0.25) is 15.9 Å². The van der Waals surface area contributed by atoms with Crippen molar-refractivity contribution in [3.63, 3.8) is 0 Å². The molecule has 20 heavy (non-hydrogen) atoms. The van der Waals surface area contributed by atoms with Crippen LogP contribution in [0.15, 0.2) is 0 Å². The maximum Gasteiger partial charge on any atom is 0.277 e. The molecular weight excluding hydrogens is 320 g/mol. The fraction of sp³-hybridized carbons (Fsp3) is 0.889. The number of rotatable bonds is 10. The second kappa shape index (κ2) is 10.2. The summed E-state index contributed by atoms with van der Waals surface area (Å²) in [6.45, 7) is -0.334. The van der Waals surface area contributed by atoms with Gasteiger partial charge in [-0.1, -0.05) is 0 Å². The van der Waals surface area contributed by atoms with E-state index in [-0.39, 0.29) is 24.8 Å². The molecule has 4 N–H and O–H groups in total. The first-order valence-corrected chi connectivity index (χ1v) is 7.27. The molecule has 0 fully saturated rings. The van der Waals surface area contributed by atoms with Crippen LogP contribution < -0.4 is 15.8 Å². The van der Waals surface area contributed by atoms with Crippen molar-refractivity contribution in [3.05, 3.63) is 0 Å². The number of alkyl halides is 2. The van der Waals surface area contributed by atoms with Gasteiger partial charge in [0.1, 0.15) is 0 Å². The second-order valence-corrected chi connectivity index (χ2v) is 5.60. The van der Waals surface area contributed by atoms with Crippen molar-refractivity contribution in [2.24, 2.45) is 5.73 Å². The average molecular weight is 340 g/mol. The molecule has 0 rings (SSSR count). The number of hydrogen-bond donors (Lipinski definition) is 3. The molecule has 0 spiro atoms. The fourth-order valence-corrected chi connectivity index (χ4v) is 1.76. The van der Waals surface area contributed by atoms with Crippen LogP contribution >= 0.6 is 12.4 Å². The molecule has 0 heterocycles. The Hall–Kier alpha value is -0.550. The van der Waals surface area contributed by atoms with Crippen LogP contribution in [0.1, 0.15) is 6.92 Å². The highest BCUT2D eigenvalue weighted by molar-refractivity contribution is 7.89. The number of sulfonamides is 1. The maximum atomic E-state index is 12.7. The third kappa shape index (κ3) is 11.3. The van der Waals surface area contributed by atoms with Crippen molar-refractivity contribution >= 4 is 28.3 Å². The number of nitrogens with two attached hydrogens (primary N) is 1. The molecule has 0 aliphatic heterocycles. The van der Waals surface area contributed by atoms with Crippen LogP contribution in [0.5, 0.6) is 0 Å². The molecule has 0 aromatic rings. The van der Waals surface area contributed by atoms with E-state index in [0.29, 0.717) is 6.61 Å². The third-order valence-corrected chi connectivity index (χ3v) is 3.28. The van der Waals surface area contributed by atoms with Gasteiger partial charge in [-0.2, -0.15) is 0 Å². The first kappa shape index (κ1) is 21.7. The van der Waals surface area contributed by atoms with Crippen molar-refractivity contribution in [3.8, 4) is 0 Å². The number of carbonyl (C=O) groups excluding carboxylic acids is 1. The Kier molecular flexibility index (Phi) is 11.1. The lowest BCUT2D eigenvalue weighted by atomic mass is 10.3. The summed E-state index contributed by atoms with van der Waals surface area (Å²) in [5, 5.41) is 1.89. The predicted octanol–water partition coefficient (Wildman–Crippen LogP) is -0.926. The lowest BCUT2D eigenvalue weighted by Gasteiger charge is -2.14. The van der Waals surface area contributed by atoms with Crippen molar-refractivity contribution in [1.29, 1.82) is 0 Å². The van der Waals surface area contributed by atoms with Crippen molar-refractivity contribution in [2.75, 3.05) is 38.6 Å². The highest BCUT2D eigenvalue weighted by atomic mass is 35.5. The molecule has 0 aliphatic carbocycles. The van der Waals surface area contributed by atoms with Gasteiger partial charge in [-0.25, -0.2) is 21.9 Å². The first-order valence-electron chi connectivity index (χ1n) is 5.62. The van der Waals surface area contributed by atoms with Gasteiger partial charge in [-0.3, -0.25) is 4.79 Å². The Bertz CT molecular complexity index is 381. The van der Waals surface area contributed by atoms with E-state index in [9.17, 15) is 22.0 Å². The van der Waals surface area contributed by atoms with Crippen LogP contribution in [-0.4, -0.2) is 58.8 Å². The van der Waals surface area contributed by atoms with Crippen LogP contribution in [0.3, 0.4) is 0 Å². The number of halogens is 3. The minimum atomic E-state index is -3.66. The largest absolute Gasteiger partial charge is 0.381 e. The molecule has 0 saturated heterocycles. The van der Waals surface area contributed by atoms with Crippen molar-refractivity contribution in [1.82, 2.24) is 10.0 Å². The predicted molar refractivity (Wildman–Crippen MR) is 72.5 cm³/mol. The summed E-state index contributed by atoms with van der Waals surface area (Å²) in [6.07, 6.45) is 0. The summed E-state index contributed by atoms with van der Waals surface area (Å²) in [5.41, 5.74) is 4.78. The molecule has 1 amide bonds. The zero-order valence-electron chi connectivity index (χ0n) is 11.0. The van der Waals surface area contributed by atoms with E-state index in [1.54, 1.807) is 6.92 Å². The van der Waals surface area contributed by atoms with Crippen LogP contribution in [0.25, 0.3) is 0 Å². The van der Waals surface area contributed by atoms with E-state index in [4.69, 9.17) is 10.5 Å². The van der Waals surface area contributed by atoms with Gasteiger partial charge in [0.05, 0.1) is 32.0 Å². The molecule has 11 heteroatoms. The zero-order chi connectivity index (χ0) is 14.9. The lowest BCUT2D eigenvalue weighted by molar-refractivity contribution is -0.121. The van der Waals surface area contributed by atoms with Gasteiger partial charge in [0, 0.05) is 6.61 Å². The summed E-state index contributed by atoms with van der Waals surface area (Å²) in [4.78, 5) is 11.1. The Labute approximate surface area is 123 Å². The van der Waals surface area contributed by atoms with Gasteiger partial charge in [-0.05, 0) is 6.92 Å². The van der Waals surface area contributed by atoms with E-state index in [1.807, 2.05) is 10.0 Å². The molecule has 7 nitrogen and oxygen atoms in total. The molecule has 0 aromatic heterocycles. The van der Waals surface area contributed by atoms with E-state index in [1.165, 1.54) is 0 Å². The Morgan fingerprint density at radius 3 is 2.50 bits per heavy atom. The summed E-state index contributed by atoms with van der Waals surface area (Å²) >= 11 is 0. The fourth-order valence-electron chi connectivity index (χ4n) is 0.923. The molecule has 0 aromatic carbocycles. The number of amides is 1. The van der Waals surface area contributed by atoms with E-state index in [0.717, 1.165) is 0 Å². The summed E-state index contributed by atoms with van der Waals surface area (Å²) in [5.74, 6) is -4.36. The highest BCUT2D eigenvalue weighted by Gasteiger charge is 2.27. The average Bonchev–Trinajstić information content (AvgIpc) is 2.34. The summed E-state index contributed by atoms with van der Waals surface area (Å²) in [6, 6.07) is 0. The van der Waals surface area contributed by atoms with Crippen LogP contribution in [0.2, 0.25) is 0 Å². The van der Waals surface area contributed by atoms with Crippen molar-refractivity contribution < 1.29 is 26.7 Å². The number of carbonyl (C=O) groups is 1. The van der Waals surface area contributed by atoms with Gasteiger partial charge in [0.15, 0.2) is 0 Å². The third-order valence-electron chi connectivity index (χ3n) is 2.00. The maximum absolute atomic E-state index is 12.7. The SMILES string of the molecule is CCOCCS(=O)(=O)NCC(=O)NCC(F)(F)CN.Cl. The standard InChI is InChI=1S/C9H19F2N3O4S.ClH/c1-2-18-3-4-19(16,17)14-5-8(15)13-7-9(10,11)6-12;/h14H,2-7,12H2,1H3,(H,13,15);1H. The van der Waals surface area contributed by atoms with Crippen molar-refractivity contribution in [2.45, 2.75) is 12.8 Å². The minimum absolute atomic E-state index is 0. The number of ether oxygens (including phenoxy) is 1. The molecule has 122 valence electrons. The van der Waals surface area contributed by atoms with Crippen LogP contribution in [-0.2, 0) is 19.6 Å². The minimum Gasteiger partial charge on any atom is -0.381 e. The molecule has 0 bridgehead atoms. The van der Waals surface area contributed by atoms with Crippen LogP contribution in [0, 0.1) is 0 Å². The molecule has 0 saturated carbocycles. The molecule has 0 radical (unpaired) electrons. The van der Waals surface area contributed by atoms with E-state index >= 15 is 0 Å². The van der Waals surface area contributed by atoms with Gasteiger partial charge in [-0.15, -0.1) is 12.4 Å². The number of hydrogen-bond acceptors (Lipinski definition) is 5. The summed E-state index contributed by atoms with van der Waals surface area (Å²) < 4.78 is 54.9. The van der Waals surface area contributed by atoms with Gasteiger partial charge in [0.25, 0.3) is 5.92 Å². The first-order chi connectivity index (χ1) is 8.72. The molecular formula is C9H20ClF2N3O4S. The van der Waals surface area contributed by atoms with E-state index in [2.05, 4.69) is 0 Å². The van der Waals surface area contributed by atoms with E-state index < -0.39 is 41.5 Å². The Morgan fingerprint density at radius 1 is 1.40 bits per heavy atom. The van der Waals surface area contributed by atoms with Crippen LogP contribution in [0.4, 0.5) is 8.78 Å². The number of nitrogens with one attached hydrogen (secondary N) is 2. The smallest absolute Gasteiger partial charge is 0.277 e. The van der Waals surface area contributed by atoms with Gasteiger partial charge < -0.3 is 15.8 Å². The monoisotopic (exact) mass is 339 g/mol.